The Bertz CT molecular complexity index is 535. The van der Waals surface area contributed by atoms with Gasteiger partial charge in [-0.25, -0.2) is 4.79 Å². The zero-order chi connectivity index (χ0) is 20.1. The summed E-state index contributed by atoms with van der Waals surface area (Å²) in [5.41, 5.74) is 0. The molecule has 1 saturated carbocycles. The van der Waals surface area contributed by atoms with E-state index < -0.39 is 12.2 Å². The lowest BCUT2D eigenvalue weighted by Crippen LogP contribution is -2.21. The van der Waals surface area contributed by atoms with Crippen molar-refractivity contribution in [2.24, 2.45) is 11.8 Å². The topological polar surface area (TPSA) is 83.8 Å². The largest absolute Gasteiger partial charge is 0.463 e. The zero-order valence-electron chi connectivity index (χ0n) is 16.5. The Morgan fingerprint density at radius 2 is 1.74 bits per heavy atom. The van der Waals surface area contributed by atoms with Crippen LogP contribution >= 0.6 is 0 Å². The monoisotopic (exact) mass is 378 g/mol. The molecule has 0 aliphatic heterocycles. The molecule has 0 saturated heterocycles. The van der Waals surface area contributed by atoms with Crippen molar-refractivity contribution >= 4 is 11.8 Å². The minimum Gasteiger partial charge on any atom is -0.463 e. The van der Waals surface area contributed by atoms with Crippen LogP contribution in [0.25, 0.3) is 0 Å². The molecule has 2 N–H and O–H groups in total. The van der Waals surface area contributed by atoms with Crippen molar-refractivity contribution in [3.05, 3.63) is 36.5 Å². The number of unbranched alkanes of at least 4 members (excludes halogenated alkanes) is 2. The van der Waals surface area contributed by atoms with Crippen LogP contribution in [-0.2, 0) is 14.3 Å². The molecular weight excluding hydrogens is 344 g/mol. The molecule has 5 heteroatoms. The predicted octanol–water partition coefficient (Wildman–Crippen LogP) is 3.51. The van der Waals surface area contributed by atoms with E-state index in [-0.39, 0.29) is 23.6 Å². The van der Waals surface area contributed by atoms with Gasteiger partial charge in [0.2, 0.25) is 0 Å². The highest BCUT2D eigenvalue weighted by atomic mass is 16.5. The van der Waals surface area contributed by atoms with E-state index in [0.29, 0.717) is 32.3 Å². The summed E-state index contributed by atoms with van der Waals surface area (Å²) in [5.74, 6) is -0.412. The molecule has 0 spiro atoms. The van der Waals surface area contributed by atoms with Gasteiger partial charge in [-0.2, -0.15) is 0 Å². The van der Waals surface area contributed by atoms with Gasteiger partial charge in [-0.3, -0.25) is 4.79 Å². The fourth-order valence-electron chi connectivity index (χ4n) is 3.45. The van der Waals surface area contributed by atoms with Gasteiger partial charge in [-0.1, -0.05) is 50.1 Å². The number of esters is 1. The normalized spacial score (nSPS) is 25.8. The average molecular weight is 379 g/mol. The fourth-order valence-corrected chi connectivity index (χ4v) is 3.45. The first-order valence-corrected chi connectivity index (χ1v) is 10.1. The van der Waals surface area contributed by atoms with Gasteiger partial charge in [0.05, 0.1) is 18.8 Å². The first kappa shape index (κ1) is 23.3. The Morgan fingerprint density at radius 1 is 1.00 bits per heavy atom. The van der Waals surface area contributed by atoms with E-state index in [1.54, 1.807) is 31.2 Å². The molecule has 0 aromatic rings. The lowest BCUT2D eigenvalue weighted by molar-refractivity contribution is -0.137. The molecule has 0 aromatic carbocycles. The first-order chi connectivity index (χ1) is 13.0. The van der Waals surface area contributed by atoms with Crippen molar-refractivity contribution in [3.63, 3.8) is 0 Å². The summed E-state index contributed by atoms with van der Waals surface area (Å²) in [6, 6.07) is 0. The molecule has 1 aliphatic carbocycles. The molecule has 0 unspecified atom stereocenters. The second kappa shape index (κ2) is 13.4. The summed E-state index contributed by atoms with van der Waals surface area (Å²) in [6.45, 7) is 4.21. The summed E-state index contributed by atoms with van der Waals surface area (Å²) in [7, 11) is 0. The molecule has 152 valence electrons. The van der Waals surface area contributed by atoms with Gasteiger partial charge in [0.15, 0.2) is 0 Å². The number of rotatable bonds is 12. The molecule has 1 aliphatic rings. The molecular formula is C22H34O5. The van der Waals surface area contributed by atoms with Crippen LogP contribution in [0.1, 0.15) is 58.8 Å². The molecule has 4 atom stereocenters. The second-order valence-corrected chi connectivity index (χ2v) is 7.03. The maximum absolute atomic E-state index is 12.0. The molecule has 1 rings (SSSR count). The average Bonchev–Trinajstić information content (AvgIpc) is 2.89. The third-order valence-corrected chi connectivity index (χ3v) is 4.92. The van der Waals surface area contributed by atoms with Gasteiger partial charge in [-0.15, -0.1) is 0 Å². The van der Waals surface area contributed by atoms with Crippen LogP contribution in [0.5, 0.6) is 0 Å². The van der Waals surface area contributed by atoms with Crippen LogP contribution in [0.4, 0.5) is 0 Å². The Morgan fingerprint density at radius 3 is 2.44 bits per heavy atom. The molecule has 0 radical (unpaired) electrons. The third-order valence-electron chi connectivity index (χ3n) is 4.92. The SMILES string of the molecule is CCCCCC(=O)CC[C@@H]1[C@H](/C=C/C=C/C=C/C(=O)OCC)[C@@H](O)C[C@H]1O. The Balaban J connectivity index is 2.50. The number of aliphatic hydroxyl groups excluding tert-OH is 2. The summed E-state index contributed by atoms with van der Waals surface area (Å²) in [5, 5.41) is 20.4. The van der Waals surface area contributed by atoms with E-state index in [2.05, 4.69) is 6.92 Å². The maximum Gasteiger partial charge on any atom is 0.330 e. The molecule has 0 amide bonds. The standard InChI is InChI=1S/C22H34O5/c1-3-5-8-11-17(23)14-15-19-18(20(24)16-21(19)25)12-9-6-7-10-13-22(26)27-4-2/h6-7,9-10,12-13,18-21,24-25H,3-5,8,11,14-16H2,1-2H3/b7-6+,12-9+,13-10+/t18-,19+,20-,21+/m0/s1. The zero-order valence-corrected chi connectivity index (χ0v) is 16.5. The van der Waals surface area contributed by atoms with Crippen molar-refractivity contribution in [1.82, 2.24) is 0 Å². The Kier molecular flexibility index (Phi) is 11.6. The van der Waals surface area contributed by atoms with Crippen molar-refractivity contribution in [3.8, 4) is 0 Å². The second-order valence-electron chi connectivity index (χ2n) is 7.03. The van der Waals surface area contributed by atoms with E-state index in [1.165, 1.54) is 6.08 Å². The van der Waals surface area contributed by atoms with Crippen LogP contribution in [0.2, 0.25) is 0 Å². The summed E-state index contributed by atoms with van der Waals surface area (Å²) in [4.78, 5) is 23.2. The smallest absolute Gasteiger partial charge is 0.330 e. The lowest BCUT2D eigenvalue weighted by Gasteiger charge is -2.20. The molecule has 0 heterocycles. The van der Waals surface area contributed by atoms with Crippen LogP contribution in [-0.4, -0.2) is 40.8 Å². The molecule has 0 aromatic heterocycles. The van der Waals surface area contributed by atoms with Crippen molar-refractivity contribution < 1.29 is 24.5 Å². The fraction of sp³-hybridized carbons (Fsp3) is 0.636. The first-order valence-electron chi connectivity index (χ1n) is 10.1. The highest BCUT2D eigenvalue weighted by Crippen LogP contribution is 2.36. The third kappa shape index (κ3) is 9.16. The predicted molar refractivity (Wildman–Crippen MR) is 106 cm³/mol. The van der Waals surface area contributed by atoms with Gasteiger partial charge < -0.3 is 14.9 Å². The van der Waals surface area contributed by atoms with Crippen LogP contribution < -0.4 is 0 Å². The number of carbonyl (C=O) groups excluding carboxylic acids is 2. The highest BCUT2D eigenvalue weighted by Gasteiger charge is 2.39. The minimum atomic E-state index is -0.597. The Hall–Kier alpha value is -1.72. The summed E-state index contributed by atoms with van der Waals surface area (Å²) in [6.07, 6.45) is 14.0. The number of ether oxygens (including phenoxy) is 1. The van der Waals surface area contributed by atoms with Crippen LogP contribution in [0, 0.1) is 11.8 Å². The highest BCUT2D eigenvalue weighted by molar-refractivity contribution is 5.82. The van der Waals surface area contributed by atoms with E-state index in [9.17, 15) is 19.8 Å². The van der Waals surface area contributed by atoms with E-state index in [4.69, 9.17) is 4.74 Å². The number of carbonyl (C=O) groups is 2. The molecule has 0 bridgehead atoms. The van der Waals surface area contributed by atoms with Gasteiger partial charge >= 0.3 is 5.97 Å². The minimum absolute atomic E-state index is 0.102. The van der Waals surface area contributed by atoms with Gasteiger partial charge in [0, 0.05) is 31.3 Å². The van der Waals surface area contributed by atoms with E-state index in [0.717, 1.165) is 19.3 Å². The van der Waals surface area contributed by atoms with Crippen LogP contribution in [0.15, 0.2) is 36.5 Å². The maximum atomic E-state index is 12.0. The van der Waals surface area contributed by atoms with E-state index in [1.807, 2.05) is 6.08 Å². The number of allylic oxidation sites excluding steroid dienone is 4. The molecule has 5 nitrogen and oxygen atoms in total. The van der Waals surface area contributed by atoms with Crippen molar-refractivity contribution in [2.45, 2.75) is 71.0 Å². The van der Waals surface area contributed by atoms with Crippen LogP contribution in [0.3, 0.4) is 0 Å². The van der Waals surface area contributed by atoms with E-state index >= 15 is 0 Å². The summed E-state index contributed by atoms with van der Waals surface area (Å²) >= 11 is 0. The molecule has 27 heavy (non-hydrogen) atoms. The quantitative estimate of drug-likeness (QED) is 0.235. The van der Waals surface area contributed by atoms with Gasteiger partial charge in [0.25, 0.3) is 0 Å². The van der Waals surface area contributed by atoms with Gasteiger partial charge in [-0.05, 0) is 25.7 Å². The Labute approximate surface area is 162 Å². The number of Topliss-reactive ketones (excluding diaryl/α,β-unsaturated/α-hetero) is 1. The number of hydrogen-bond donors (Lipinski definition) is 2. The summed E-state index contributed by atoms with van der Waals surface area (Å²) < 4.78 is 4.78. The van der Waals surface area contributed by atoms with Crippen molar-refractivity contribution in [1.29, 1.82) is 0 Å². The molecule has 1 fully saturated rings. The van der Waals surface area contributed by atoms with Gasteiger partial charge in [0.1, 0.15) is 5.78 Å². The lowest BCUT2D eigenvalue weighted by atomic mass is 9.88. The number of hydrogen-bond acceptors (Lipinski definition) is 5. The number of aliphatic hydroxyl groups is 2. The van der Waals surface area contributed by atoms with Crippen molar-refractivity contribution in [2.75, 3.05) is 6.61 Å². The number of ketones is 1.